The number of para-hydroxylation sites is 1. The highest BCUT2D eigenvalue weighted by atomic mass is 16.2. The number of piperazine rings is 1. The van der Waals surface area contributed by atoms with Gasteiger partial charge in [0.25, 0.3) is 5.56 Å². The van der Waals surface area contributed by atoms with Gasteiger partial charge in [0.1, 0.15) is 5.82 Å². The summed E-state index contributed by atoms with van der Waals surface area (Å²) in [5.41, 5.74) is 1.86. The summed E-state index contributed by atoms with van der Waals surface area (Å²) in [7, 11) is 0. The maximum Gasteiger partial charge on any atom is 0.261 e. The van der Waals surface area contributed by atoms with Gasteiger partial charge in [-0.15, -0.1) is 0 Å². The lowest BCUT2D eigenvalue weighted by Gasteiger charge is -2.39. The molecule has 2 saturated heterocycles. The summed E-state index contributed by atoms with van der Waals surface area (Å²) in [6.45, 7) is 8.43. The van der Waals surface area contributed by atoms with Gasteiger partial charge in [-0.3, -0.25) is 24.0 Å². The van der Waals surface area contributed by atoms with Crippen molar-refractivity contribution in [2.75, 3.05) is 45.8 Å². The molecule has 0 bridgehead atoms. The zero-order chi connectivity index (χ0) is 24.2. The van der Waals surface area contributed by atoms with Crippen LogP contribution in [0, 0.1) is 0 Å². The average Bonchev–Trinajstić information content (AvgIpc) is 3.44. The van der Waals surface area contributed by atoms with Crippen LogP contribution in [0.5, 0.6) is 0 Å². The van der Waals surface area contributed by atoms with Crippen LogP contribution >= 0.6 is 0 Å². The van der Waals surface area contributed by atoms with Crippen LogP contribution < -0.4 is 5.56 Å². The number of hydrogen-bond donors (Lipinski definition) is 0. The maximum absolute atomic E-state index is 13.6. The second-order valence-corrected chi connectivity index (χ2v) is 9.69. The molecular weight excluding hydrogens is 438 g/mol. The van der Waals surface area contributed by atoms with Crippen molar-refractivity contribution in [1.29, 1.82) is 0 Å². The molecule has 2 aromatic carbocycles. The number of rotatable bonds is 7. The molecule has 0 spiro atoms. The Balaban J connectivity index is 1.38. The highest BCUT2D eigenvalue weighted by molar-refractivity contribution is 5.78. The molecule has 1 amide bonds. The van der Waals surface area contributed by atoms with Crippen molar-refractivity contribution in [3.05, 3.63) is 76.3 Å². The van der Waals surface area contributed by atoms with E-state index in [-0.39, 0.29) is 17.5 Å². The number of fused-ring (bicyclic) bond motifs is 1. The van der Waals surface area contributed by atoms with Gasteiger partial charge in [0, 0.05) is 39.3 Å². The number of benzene rings is 2. The van der Waals surface area contributed by atoms with Crippen LogP contribution in [-0.4, -0.2) is 76.0 Å². The summed E-state index contributed by atoms with van der Waals surface area (Å²) in [5, 5.41) is 0.660. The Bertz CT molecular complexity index is 1210. The van der Waals surface area contributed by atoms with Crippen LogP contribution in [0.1, 0.15) is 43.6 Å². The zero-order valence-corrected chi connectivity index (χ0v) is 20.6. The molecule has 0 radical (unpaired) electrons. The number of aromatic nitrogens is 2. The van der Waals surface area contributed by atoms with Gasteiger partial charge in [0.15, 0.2) is 0 Å². The Kier molecular flexibility index (Phi) is 7.25. The van der Waals surface area contributed by atoms with Crippen molar-refractivity contribution >= 4 is 16.8 Å². The second-order valence-electron chi connectivity index (χ2n) is 9.69. The predicted octanol–water partition coefficient (Wildman–Crippen LogP) is 3.14. The number of carbonyl (C=O) groups excluding carboxylic acids is 1. The third kappa shape index (κ3) is 5.16. The minimum Gasteiger partial charge on any atom is -0.342 e. The quantitative estimate of drug-likeness (QED) is 0.528. The molecule has 7 heteroatoms. The first kappa shape index (κ1) is 23.7. The smallest absolute Gasteiger partial charge is 0.261 e. The molecule has 35 heavy (non-hydrogen) atoms. The highest BCUT2D eigenvalue weighted by Gasteiger charge is 2.29. The van der Waals surface area contributed by atoms with E-state index in [4.69, 9.17) is 4.98 Å². The molecule has 2 aliphatic heterocycles. The van der Waals surface area contributed by atoms with Crippen molar-refractivity contribution in [1.82, 2.24) is 24.3 Å². The zero-order valence-electron chi connectivity index (χ0n) is 20.6. The van der Waals surface area contributed by atoms with Gasteiger partial charge in [-0.2, -0.15) is 0 Å². The van der Waals surface area contributed by atoms with Crippen LogP contribution in [0.3, 0.4) is 0 Å². The lowest BCUT2D eigenvalue weighted by molar-refractivity contribution is -0.131. The van der Waals surface area contributed by atoms with E-state index < -0.39 is 0 Å². The van der Waals surface area contributed by atoms with Gasteiger partial charge in [0.05, 0.1) is 30.0 Å². The summed E-state index contributed by atoms with van der Waals surface area (Å²) < 4.78 is 1.87. The van der Waals surface area contributed by atoms with Gasteiger partial charge in [-0.1, -0.05) is 49.4 Å². The van der Waals surface area contributed by atoms with Crippen LogP contribution in [0.2, 0.25) is 0 Å². The van der Waals surface area contributed by atoms with Gasteiger partial charge >= 0.3 is 0 Å². The SMILES string of the molecule is CCC(c1nc2ccccc2c(=O)n1Cc1ccccc1)N1CCN(CC(=O)N2CCCC2)CC1. The predicted molar refractivity (Wildman–Crippen MR) is 138 cm³/mol. The molecule has 2 aliphatic rings. The number of hydrogen-bond acceptors (Lipinski definition) is 5. The molecule has 1 aromatic heterocycles. The van der Waals surface area contributed by atoms with Crippen LogP contribution in [-0.2, 0) is 11.3 Å². The summed E-state index contributed by atoms with van der Waals surface area (Å²) in [6.07, 6.45) is 3.12. The van der Waals surface area contributed by atoms with Crippen LogP contribution in [0.25, 0.3) is 10.9 Å². The normalized spacial score (nSPS) is 18.3. The minimum absolute atomic E-state index is 0.0164. The Morgan fingerprint density at radius 2 is 1.60 bits per heavy atom. The van der Waals surface area contributed by atoms with Crippen molar-refractivity contribution in [3.8, 4) is 0 Å². The number of amides is 1. The van der Waals surface area contributed by atoms with Gasteiger partial charge in [-0.25, -0.2) is 4.98 Å². The lowest BCUT2D eigenvalue weighted by atomic mass is 10.1. The fourth-order valence-corrected chi connectivity index (χ4v) is 5.45. The van der Waals surface area contributed by atoms with Crippen molar-refractivity contribution in [3.63, 3.8) is 0 Å². The van der Waals surface area contributed by atoms with Crippen molar-refractivity contribution in [2.45, 2.75) is 38.8 Å². The summed E-state index contributed by atoms with van der Waals surface area (Å²) >= 11 is 0. The molecule has 5 rings (SSSR count). The van der Waals surface area contributed by atoms with E-state index in [1.807, 2.05) is 51.9 Å². The van der Waals surface area contributed by atoms with Crippen molar-refractivity contribution < 1.29 is 4.79 Å². The Morgan fingerprint density at radius 1 is 0.914 bits per heavy atom. The topological polar surface area (TPSA) is 61.7 Å². The van der Waals surface area contributed by atoms with Crippen molar-refractivity contribution in [2.24, 2.45) is 0 Å². The first-order valence-electron chi connectivity index (χ1n) is 12.9. The molecule has 1 unspecified atom stereocenters. The number of carbonyl (C=O) groups is 1. The largest absolute Gasteiger partial charge is 0.342 e. The molecule has 0 saturated carbocycles. The fraction of sp³-hybridized carbons (Fsp3) is 0.464. The third-order valence-electron chi connectivity index (χ3n) is 7.42. The van der Waals surface area contributed by atoms with E-state index in [2.05, 4.69) is 28.9 Å². The summed E-state index contributed by atoms with van der Waals surface area (Å²) in [4.78, 5) is 38.0. The molecule has 2 fully saturated rings. The molecule has 3 aromatic rings. The van der Waals surface area contributed by atoms with E-state index >= 15 is 0 Å². The van der Waals surface area contributed by atoms with E-state index in [0.29, 0.717) is 18.5 Å². The molecule has 7 nitrogen and oxygen atoms in total. The molecule has 0 N–H and O–H groups in total. The van der Waals surface area contributed by atoms with Gasteiger partial charge < -0.3 is 4.90 Å². The third-order valence-corrected chi connectivity index (χ3v) is 7.42. The number of likely N-dealkylation sites (tertiary alicyclic amines) is 1. The van der Waals surface area contributed by atoms with Crippen LogP contribution in [0.4, 0.5) is 0 Å². The molecule has 3 heterocycles. The van der Waals surface area contributed by atoms with Gasteiger partial charge in [-0.05, 0) is 37.0 Å². The van der Waals surface area contributed by atoms with E-state index in [1.54, 1.807) is 0 Å². The maximum atomic E-state index is 13.6. The highest BCUT2D eigenvalue weighted by Crippen LogP contribution is 2.25. The monoisotopic (exact) mass is 473 g/mol. The Morgan fingerprint density at radius 3 is 2.31 bits per heavy atom. The molecule has 0 aliphatic carbocycles. The first-order chi connectivity index (χ1) is 17.1. The van der Waals surface area contributed by atoms with Crippen LogP contribution in [0.15, 0.2) is 59.4 Å². The fourth-order valence-electron chi connectivity index (χ4n) is 5.45. The number of nitrogens with zero attached hydrogens (tertiary/aromatic N) is 5. The second kappa shape index (κ2) is 10.7. The van der Waals surface area contributed by atoms with E-state index in [0.717, 1.165) is 75.4 Å². The minimum atomic E-state index is 0.0164. The molecule has 184 valence electrons. The Labute approximate surface area is 207 Å². The summed E-state index contributed by atoms with van der Waals surface area (Å²) in [6, 6.07) is 17.8. The van der Waals surface area contributed by atoms with Gasteiger partial charge in [0.2, 0.25) is 5.91 Å². The standard InChI is InChI=1S/C28H35N5O2/c1-2-25(31-18-16-30(17-19-31)21-26(34)32-14-8-9-15-32)27-29-24-13-7-6-12-23(24)28(35)33(27)20-22-10-4-3-5-11-22/h3-7,10-13,25H,2,8-9,14-21H2,1H3. The Hall–Kier alpha value is -3.03. The first-order valence-corrected chi connectivity index (χ1v) is 12.9. The molecular formula is C28H35N5O2. The summed E-state index contributed by atoms with van der Waals surface area (Å²) in [5.74, 6) is 1.09. The van der Waals surface area contributed by atoms with E-state index in [9.17, 15) is 9.59 Å². The average molecular weight is 474 g/mol. The molecule has 1 atom stereocenters. The lowest BCUT2D eigenvalue weighted by Crippen LogP contribution is -2.51. The van der Waals surface area contributed by atoms with E-state index in [1.165, 1.54) is 0 Å².